The van der Waals surface area contributed by atoms with E-state index in [2.05, 4.69) is 181 Å². The maximum absolute atomic E-state index is 6.82. The molecule has 0 N–H and O–H groups in total. The second-order valence-corrected chi connectivity index (χ2v) is 13.5. The number of para-hydroxylation sites is 2. The summed E-state index contributed by atoms with van der Waals surface area (Å²) in [6.07, 6.45) is 0. The first kappa shape index (κ1) is 27.9. The molecule has 0 fully saturated rings. The van der Waals surface area contributed by atoms with Crippen molar-refractivity contribution >= 4 is 59.3 Å². The van der Waals surface area contributed by atoms with Crippen molar-refractivity contribution in [2.24, 2.45) is 0 Å². The number of anilines is 3. The van der Waals surface area contributed by atoms with E-state index in [0.29, 0.717) is 0 Å². The minimum absolute atomic E-state index is 0.868. The van der Waals surface area contributed by atoms with E-state index < -0.39 is 0 Å². The highest BCUT2D eigenvalue weighted by atomic mass is 32.1. The van der Waals surface area contributed by atoms with Gasteiger partial charge in [0.05, 0.1) is 16.1 Å². The molecule has 49 heavy (non-hydrogen) atoms. The number of ether oxygens (including phenoxy) is 1. The van der Waals surface area contributed by atoms with Crippen LogP contribution in [0.2, 0.25) is 0 Å². The number of hydrogen-bond donors (Lipinski definition) is 0. The van der Waals surface area contributed by atoms with Crippen LogP contribution in [0.25, 0.3) is 64.3 Å². The van der Waals surface area contributed by atoms with Crippen LogP contribution < -0.4 is 9.64 Å². The first-order valence-electron chi connectivity index (χ1n) is 16.6. The van der Waals surface area contributed by atoms with E-state index in [4.69, 9.17) is 4.74 Å². The molecule has 230 valence electrons. The van der Waals surface area contributed by atoms with Crippen molar-refractivity contribution in [2.45, 2.75) is 0 Å². The molecule has 0 atom stereocenters. The minimum Gasteiger partial charge on any atom is -0.455 e. The smallest absolute Gasteiger partial charge is 0.143 e. The first-order chi connectivity index (χ1) is 24.3. The van der Waals surface area contributed by atoms with E-state index in [-0.39, 0.29) is 0 Å². The lowest BCUT2D eigenvalue weighted by Crippen LogP contribution is -2.11. The lowest BCUT2D eigenvalue weighted by Gasteiger charge is -2.29. The van der Waals surface area contributed by atoms with Gasteiger partial charge < -0.3 is 9.64 Å². The number of rotatable bonds is 4. The Morgan fingerprint density at radius 2 is 1.12 bits per heavy atom. The fourth-order valence-electron chi connectivity index (χ4n) is 7.43. The van der Waals surface area contributed by atoms with Crippen molar-refractivity contribution in [1.82, 2.24) is 0 Å². The van der Waals surface area contributed by atoms with Gasteiger partial charge in [-0.1, -0.05) is 133 Å². The molecule has 0 amide bonds. The van der Waals surface area contributed by atoms with Gasteiger partial charge in [-0.2, -0.15) is 0 Å². The minimum atomic E-state index is 0.868. The van der Waals surface area contributed by atoms with E-state index in [0.717, 1.165) is 61.6 Å². The predicted molar refractivity (Wildman–Crippen MR) is 208 cm³/mol. The predicted octanol–water partition coefficient (Wildman–Crippen LogP) is 13.8. The van der Waals surface area contributed by atoms with Crippen molar-refractivity contribution in [3.63, 3.8) is 0 Å². The van der Waals surface area contributed by atoms with Gasteiger partial charge in [-0.15, -0.1) is 11.3 Å². The molecule has 10 rings (SSSR count). The summed E-state index contributed by atoms with van der Waals surface area (Å²) in [6.45, 7) is 0. The fourth-order valence-corrected chi connectivity index (χ4v) is 8.64. The summed E-state index contributed by atoms with van der Waals surface area (Å²) in [6, 6.07) is 63.2. The molecule has 0 radical (unpaired) electrons. The number of fused-ring (bicyclic) bond motifs is 10. The van der Waals surface area contributed by atoms with Crippen molar-refractivity contribution in [2.75, 3.05) is 4.90 Å². The number of hydrogen-bond acceptors (Lipinski definition) is 3. The normalized spacial score (nSPS) is 11.8. The van der Waals surface area contributed by atoms with E-state index in [1.807, 2.05) is 11.3 Å². The quantitative estimate of drug-likeness (QED) is 0.189. The Kier molecular flexibility index (Phi) is 6.39. The van der Waals surface area contributed by atoms with Gasteiger partial charge in [0.25, 0.3) is 0 Å². The van der Waals surface area contributed by atoms with E-state index in [9.17, 15) is 0 Å². The van der Waals surface area contributed by atoms with E-state index >= 15 is 0 Å². The largest absolute Gasteiger partial charge is 0.455 e. The molecule has 0 spiro atoms. The van der Waals surface area contributed by atoms with Crippen molar-refractivity contribution in [3.8, 4) is 44.9 Å². The fraction of sp³-hybridized carbons (Fsp3) is 0. The van der Waals surface area contributed by atoms with Crippen molar-refractivity contribution < 1.29 is 4.74 Å². The van der Waals surface area contributed by atoms with Crippen molar-refractivity contribution in [1.29, 1.82) is 0 Å². The molecule has 0 saturated heterocycles. The van der Waals surface area contributed by atoms with Gasteiger partial charge in [-0.25, -0.2) is 0 Å². The second kappa shape index (κ2) is 11.2. The van der Waals surface area contributed by atoms with Gasteiger partial charge in [0.2, 0.25) is 0 Å². The summed E-state index contributed by atoms with van der Waals surface area (Å²) in [4.78, 5) is 2.46. The van der Waals surface area contributed by atoms with Crippen LogP contribution in [0, 0.1) is 0 Å². The van der Waals surface area contributed by atoms with Crippen molar-refractivity contribution in [3.05, 3.63) is 176 Å². The Balaban J connectivity index is 1.29. The lowest BCUT2D eigenvalue weighted by atomic mass is 9.92. The highest BCUT2D eigenvalue weighted by Crippen LogP contribution is 2.52. The maximum Gasteiger partial charge on any atom is 0.143 e. The van der Waals surface area contributed by atoms with E-state index in [1.165, 1.54) is 31.3 Å². The molecule has 1 aliphatic heterocycles. The number of nitrogens with zero attached hydrogens (tertiary/aromatic N) is 1. The average molecular weight is 644 g/mol. The summed E-state index contributed by atoms with van der Waals surface area (Å²) in [5.74, 6) is 1.76. The molecule has 2 heterocycles. The summed E-state index contributed by atoms with van der Waals surface area (Å²) in [5.41, 5.74) is 10.2. The Labute approximate surface area is 288 Å². The Morgan fingerprint density at radius 1 is 0.429 bits per heavy atom. The van der Waals surface area contributed by atoms with Crippen LogP contribution in [0.5, 0.6) is 11.5 Å². The average Bonchev–Trinajstić information content (AvgIpc) is 3.49. The zero-order chi connectivity index (χ0) is 32.3. The van der Waals surface area contributed by atoms with Crippen LogP contribution in [-0.4, -0.2) is 0 Å². The second-order valence-electron chi connectivity index (χ2n) is 12.5. The number of benzene rings is 8. The van der Waals surface area contributed by atoms with Crippen LogP contribution in [0.15, 0.2) is 176 Å². The molecule has 0 bridgehead atoms. The molecule has 1 aromatic heterocycles. The molecule has 3 heteroatoms. The third kappa shape index (κ3) is 4.47. The molecule has 0 aliphatic carbocycles. The topological polar surface area (TPSA) is 12.5 Å². The molecular formula is C46H29NOS. The van der Waals surface area contributed by atoms with Gasteiger partial charge in [0, 0.05) is 43.2 Å². The Hall–Kier alpha value is -6.16. The van der Waals surface area contributed by atoms with Crippen LogP contribution >= 0.6 is 11.3 Å². The van der Waals surface area contributed by atoms with Gasteiger partial charge >= 0.3 is 0 Å². The maximum atomic E-state index is 6.82. The molecule has 8 aromatic carbocycles. The lowest BCUT2D eigenvalue weighted by molar-refractivity contribution is 0.493. The molecule has 2 nitrogen and oxygen atoms in total. The standard InChI is InChI=1S/C46H29NOS/c1-2-13-30(14-3-1)33-16-6-9-21-41(33)47(42-22-12-20-39-37-19-8-11-24-44(37)49-46(39)42)32-26-28-35-36-18-7-10-23-43(36)48-45-34-17-5-4-15-31(34)25-27-38(45)40(35)29-32/h1-29H. The molecular weight excluding hydrogens is 615 g/mol. The zero-order valence-corrected chi connectivity index (χ0v) is 27.3. The van der Waals surface area contributed by atoms with Gasteiger partial charge in [0.1, 0.15) is 11.5 Å². The van der Waals surface area contributed by atoms with Crippen LogP contribution in [-0.2, 0) is 0 Å². The molecule has 0 saturated carbocycles. The van der Waals surface area contributed by atoms with Gasteiger partial charge in [-0.3, -0.25) is 0 Å². The molecule has 1 aliphatic rings. The van der Waals surface area contributed by atoms with Crippen LogP contribution in [0.1, 0.15) is 0 Å². The van der Waals surface area contributed by atoms with Gasteiger partial charge in [-0.05, 0) is 64.5 Å². The third-order valence-electron chi connectivity index (χ3n) is 9.67. The van der Waals surface area contributed by atoms with Crippen LogP contribution in [0.4, 0.5) is 17.1 Å². The monoisotopic (exact) mass is 643 g/mol. The van der Waals surface area contributed by atoms with Crippen LogP contribution in [0.3, 0.4) is 0 Å². The van der Waals surface area contributed by atoms with Gasteiger partial charge in [0.15, 0.2) is 0 Å². The van der Waals surface area contributed by atoms with E-state index in [1.54, 1.807) is 0 Å². The summed E-state index contributed by atoms with van der Waals surface area (Å²) in [7, 11) is 0. The molecule has 0 unspecified atom stereocenters. The Morgan fingerprint density at radius 3 is 2.04 bits per heavy atom. The molecule has 9 aromatic rings. The SMILES string of the molecule is c1ccc(-c2ccccc2N(c2ccc3c(c2)-c2ccc4ccccc4c2Oc2ccccc2-3)c2cccc3c2sc2ccccc23)cc1. The number of thiophene rings is 1. The summed E-state index contributed by atoms with van der Waals surface area (Å²) in [5, 5.41) is 4.83. The highest BCUT2D eigenvalue weighted by Gasteiger charge is 2.26. The Bertz CT molecular complexity index is 2710. The summed E-state index contributed by atoms with van der Waals surface area (Å²) < 4.78 is 9.38. The zero-order valence-electron chi connectivity index (χ0n) is 26.5. The first-order valence-corrected chi connectivity index (χ1v) is 17.4. The third-order valence-corrected chi connectivity index (χ3v) is 10.9. The highest BCUT2D eigenvalue weighted by molar-refractivity contribution is 7.26. The summed E-state index contributed by atoms with van der Waals surface area (Å²) >= 11 is 1.86.